The number of amides is 1. The molecule has 0 radical (unpaired) electrons. The lowest BCUT2D eigenvalue weighted by molar-refractivity contribution is -0.118. The monoisotopic (exact) mass is 307 g/mol. The van der Waals surface area contributed by atoms with Crippen LogP contribution in [0, 0.1) is 6.92 Å². The van der Waals surface area contributed by atoms with Gasteiger partial charge >= 0.3 is 0 Å². The summed E-state index contributed by atoms with van der Waals surface area (Å²) in [6.45, 7) is 3.66. The van der Waals surface area contributed by atoms with Gasteiger partial charge in [0.05, 0.1) is 17.2 Å². The summed E-state index contributed by atoms with van der Waals surface area (Å²) in [4.78, 5) is 29.1. The third-order valence-corrected chi connectivity index (χ3v) is 3.81. The van der Waals surface area contributed by atoms with Crippen LogP contribution in [-0.2, 0) is 4.79 Å². The molecule has 1 aromatic heterocycles. The number of hydrogen-bond donors (Lipinski definition) is 1. The first-order chi connectivity index (χ1) is 11.1. The van der Waals surface area contributed by atoms with Crippen molar-refractivity contribution < 1.29 is 4.79 Å². The molecule has 0 unspecified atom stereocenters. The molecule has 23 heavy (non-hydrogen) atoms. The van der Waals surface area contributed by atoms with Crippen LogP contribution in [0.2, 0.25) is 0 Å². The lowest BCUT2D eigenvalue weighted by Gasteiger charge is -2.15. The van der Waals surface area contributed by atoms with Crippen LogP contribution in [-0.4, -0.2) is 15.5 Å². The van der Waals surface area contributed by atoms with E-state index in [4.69, 9.17) is 0 Å². The molecular formula is C18H17N3O2. The number of benzene rings is 2. The number of carbonyl (C=O) groups is 1. The molecule has 1 atom stereocenters. The topological polar surface area (TPSA) is 64.0 Å². The van der Waals surface area contributed by atoms with Gasteiger partial charge < -0.3 is 5.32 Å². The van der Waals surface area contributed by atoms with E-state index in [2.05, 4.69) is 10.3 Å². The van der Waals surface area contributed by atoms with Gasteiger partial charge in [-0.05, 0) is 38.1 Å². The second-order valence-electron chi connectivity index (χ2n) is 5.51. The lowest BCUT2D eigenvalue weighted by atomic mass is 10.2. The molecule has 0 fully saturated rings. The highest BCUT2D eigenvalue weighted by atomic mass is 16.2. The Bertz CT molecular complexity index is 913. The zero-order valence-corrected chi connectivity index (χ0v) is 13.0. The number of anilines is 1. The fraction of sp³-hybridized carbons (Fsp3) is 0.167. The Hall–Kier alpha value is -2.95. The highest BCUT2D eigenvalue weighted by Gasteiger charge is 2.17. The third kappa shape index (κ3) is 2.99. The Balaban J connectivity index is 1.89. The zero-order chi connectivity index (χ0) is 16.4. The number of para-hydroxylation sites is 1. The Labute approximate surface area is 133 Å². The minimum absolute atomic E-state index is 0.220. The van der Waals surface area contributed by atoms with E-state index in [9.17, 15) is 9.59 Å². The Kier molecular flexibility index (Phi) is 3.93. The number of aromatic nitrogens is 2. The Morgan fingerprint density at radius 3 is 2.57 bits per heavy atom. The molecule has 116 valence electrons. The fourth-order valence-electron chi connectivity index (χ4n) is 2.37. The number of aryl methyl sites for hydroxylation is 1. The maximum absolute atomic E-state index is 12.5. The second-order valence-corrected chi connectivity index (χ2v) is 5.51. The van der Waals surface area contributed by atoms with Gasteiger partial charge in [0.25, 0.3) is 5.56 Å². The predicted octanol–water partition coefficient (Wildman–Crippen LogP) is 2.90. The molecule has 0 bridgehead atoms. The van der Waals surface area contributed by atoms with Crippen molar-refractivity contribution in [3.63, 3.8) is 0 Å². The predicted molar refractivity (Wildman–Crippen MR) is 90.5 cm³/mol. The molecular weight excluding hydrogens is 290 g/mol. The van der Waals surface area contributed by atoms with Crippen LogP contribution in [0.15, 0.2) is 59.7 Å². The van der Waals surface area contributed by atoms with Crippen LogP contribution >= 0.6 is 0 Å². The first-order valence-electron chi connectivity index (χ1n) is 7.39. The first kappa shape index (κ1) is 15.0. The molecule has 0 saturated heterocycles. The van der Waals surface area contributed by atoms with Gasteiger partial charge in [0, 0.05) is 5.69 Å². The number of rotatable bonds is 3. The fourth-order valence-corrected chi connectivity index (χ4v) is 2.37. The molecule has 3 rings (SSSR count). The van der Waals surface area contributed by atoms with E-state index in [1.165, 1.54) is 10.9 Å². The van der Waals surface area contributed by atoms with Crippen LogP contribution in [0.25, 0.3) is 10.9 Å². The van der Waals surface area contributed by atoms with Crippen molar-refractivity contribution in [2.24, 2.45) is 0 Å². The van der Waals surface area contributed by atoms with E-state index >= 15 is 0 Å². The molecule has 0 saturated carbocycles. The van der Waals surface area contributed by atoms with Gasteiger partial charge in [-0.15, -0.1) is 0 Å². The molecule has 5 heteroatoms. The van der Waals surface area contributed by atoms with E-state index in [1.807, 2.05) is 37.3 Å². The second kappa shape index (κ2) is 6.04. The molecule has 5 nitrogen and oxygen atoms in total. The van der Waals surface area contributed by atoms with Gasteiger partial charge in [-0.1, -0.05) is 29.8 Å². The molecule has 1 N–H and O–H groups in total. The lowest BCUT2D eigenvalue weighted by Crippen LogP contribution is -2.31. The Morgan fingerprint density at radius 1 is 1.13 bits per heavy atom. The van der Waals surface area contributed by atoms with Crippen LogP contribution in [0.4, 0.5) is 5.69 Å². The Morgan fingerprint density at radius 2 is 1.83 bits per heavy atom. The van der Waals surface area contributed by atoms with Crippen LogP contribution < -0.4 is 10.9 Å². The third-order valence-electron chi connectivity index (χ3n) is 3.81. The van der Waals surface area contributed by atoms with Gasteiger partial charge in [0.1, 0.15) is 6.04 Å². The summed E-state index contributed by atoms with van der Waals surface area (Å²) in [6, 6.07) is 14.0. The number of hydrogen-bond acceptors (Lipinski definition) is 3. The van der Waals surface area contributed by atoms with E-state index in [-0.39, 0.29) is 11.5 Å². The van der Waals surface area contributed by atoms with Gasteiger partial charge in [-0.2, -0.15) is 0 Å². The first-order valence-corrected chi connectivity index (χ1v) is 7.39. The van der Waals surface area contributed by atoms with Gasteiger partial charge in [-0.3, -0.25) is 14.2 Å². The van der Waals surface area contributed by atoms with Crippen molar-refractivity contribution in [3.8, 4) is 0 Å². The normalized spacial score (nSPS) is 12.1. The molecule has 0 aliphatic rings. The summed E-state index contributed by atoms with van der Waals surface area (Å²) >= 11 is 0. The average Bonchev–Trinajstić information content (AvgIpc) is 2.57. The summed E-state index contributed by atoms with van der Waals surface area (Å²) in [6.07, 6.45) is 1.42. The van der Waals surface area contributed by atoms with Crippen molar-refractivity contribution in [2.75, 3.05) is 5.32 Å². The van der Waals surface area contributed by atoms with Crippen molar-refractivity contribution in [1.29, 1.82) is 0 Å². The standard InChI is InChI=1S/C18H17N3O2/c1-12-7-9-14(10-8-12)20-17(22)13(2)21-11-19-16-6-4-3-5-15(16)18(21)23/h3-11,13H,1-2H3,(H,20,22)/t13-/m0/s1. The van der Waals surface area contributed by atoms with Gasteiger partial charge in [-0.25, -0.2) is 4.98 Å². The minimum atomic E-state index is -0.652. The summed E-state index contributed by atoms with van der Waals surface area (Å²) in [5, 5.41) is 3.32. The SMILES string of the molecule is Cc1ccc(NC(=O)[C@H](C)n2cnc3ccccc3c2=O)cc1. The molecule has 0 aliphatic carbocycles. The molecule has 0 aliphatic heterocycles. The van der Waals surface area contributed by atoms with Crippen LogP contribution in [0.1, 0.15) is 18.5 Å². The van der Waals surface area contributed by atoms with Crippen molar-refractivity contribution in [2.45, 2.75) is 19.9 Å². The van der Waals surface area contributed by atoms with Gasteiger partial charge in [0.15, 0.2) is 0 Å². The summed E-state index contributed by atoms with van der Waals surface area (Å²) < 4.78 is 1.35. The van der Waals surface area contributed by atoms with Gasteiger partial charge in [0.2, 0.25) is 5.91 Å². The van der Waals surface area contributed by atoms with E-state index < -0.39 is 6.04 Å². The average molecular weight is 307 g/mol. The van der Waals surface area contributed by atoms with Crippen LogP contribution in [0.3, 0.4) is 0 Å². The quantitative estimate of drug-likeness (QED) is 0.809. The minimum Gasteiger partial charge on any atom is -0.324 e. The van der Waals surface area contributed by atoms with E-state index in [0.717, 1.165) is 5.56 Å². The summed E-state index contributed by atoms with van der Waals surface area (Å²) in [5.74, 6) is -0.256. The number of fused-ring (bicyclic) bond motifs is 1. The largest absolute Gasteiger partial charge is 0.324 e. The number of nitrogens with one attached hydrogen (secondary N) is 1. The molecule has 3 aromatic rings. The summed E-state index contributed by atoms with van der Waals surface area (Å²) in [5.41, 5.74) is 2.22. The highest BCUT2D eigenvalue weighted by molar-refractivity contribution is 5.93. The maximum atomic E-state index is 12.5. The number of carbonyl (C=O) groups excluding carboxylic acids is 1. The molecule has 1 heterocycles. The smallest absolute Gasteiger partial charge is 0.261 e. The summed E-state index contributed by atoms with van der Waals surface area (Å²) in [7, 11) is 0. The molecule has 1 amide bonds. The maximum Gasteiger partial charge on any atom is 0.261 e. The molecule has 0 spiro atoms. The van der Waals surface area contributed by atoms with Crippen LogP contribution in [0.5, 0.6) is 0 Å². The van der Waals surface area contributed by atoms with E-state index in [0.29, 0.717) is 16.6 Å². The van der Waals surface area contributed by atoms with Crippen molar-refractivity contribution in [3.05, 3.63) is 70.8 Å². The number of nitrogens with zero attached hydrogens (tertiary/aromatic N) is 2. The van der Waals surface area contributed by atoms with Crippen molar-refractivity contribution in [1.82, 2.24) is 9.55 Å². The van der Waals surface area contributed by atoms with E-state index in [1.54, 1.807) is 25.1 Å². The highest BCUT2D eigenvalue weighted by Crippen LogP contribution is 2.13. The molecule has 2 aromatic carbocycles. The van der Waals surface area contributed by atoms with Crippen molar-refractivity contribution >= 4 is 22.5 Å². The zero-order valence-electron chi connectivity index (χ0n) is 13.0.